The first-order valence-electron chi connectivity index (χ1n) is 9.56. The number of aromatic nitrogens is 1. The number of hydrogen-bond acceptors (Lipinski definition) is 7. The molecule has 6 nitrogen and oxygen atoms in total. The molecule has 2 aromatic heterocycles. The predicted molar refractivity (Wildman–Crippen MR) is 125 cm³/mol. The van der Waals surface area contributed by atoms with Crippen LogP contribution in [0.4, 0.5) is 5.13 Å². The summed E-state index contributed by atoms with van der Waals surface area (Å²) in [6, 6.07) is 21.2. The van der Waals surface area contributed by atoms with Crippen LogP contribution < -0.4 is 15.8 Å². The Morgan fingerprint density at radius 3 is 2.87 bits per heavy atom. The third-order valence-corrected chi connectivity index (χ3v) is 5.64. The minimum atomic E-state index is -0.417. The Morgan fingerprint density at radius 1 is 1.06 bits per heavy atom. The standard InChI is InChI=1S/C24H17N3O3S/c1-29-17-7-4-5-15(11-17)13-25-27-24-26-21(14-31-24)20-12-19-18-8-3-2-6-16(18)9-10-22(19)30-23(20)28/h2-14H,1H3,(H,26,27)/b25-13-. The van der Waals surface area contributed by atoms with E-state index in [0.717, 1.165) is 27.5 Å². The number of methoxy groups -OCH3 is 1. The Kier molecular flexibility index (Phi) is 4.93. The highest BCUT2D eigenvalue weighted by molar-refractivity contribution is 7.14. The van der Waals surface area contributed by atoms with Crippen molar-refractivity contribution in [2.75, 3.05) is 12.5 Å². The number of fused-ring (bicyclic) bond motifs is 3. The average Bonchev–Trinajstić information content (AvgIpc) is 3.27. The molecular formula is C24H17N3O3S. The van der Waals surface area contributed by atoms with Gasteiger partial charge in [0.1, 0.15) is 11.3 Å². The molecule has 0 bridgehead atoms. The SMILES string of the molecule is COc1cccc(/C=N\Nc2nc(-c3cc4c(ccc5ccccc54)oc3=O)cs2)c1. The van der Waals surface area contributed by atoms with Crippen molar-refractivity contribution in [3.63, 3.8) is 0 Å². The van der Waals surface area contributed by atoms with Gasteiger partial charge in [0.15, 0.2) is 0 Å². The molecule has 31 heavy (non-hydrogen) atoms. The average molecular weight is 427 g/mol. The van der Waals surface area contributed by atoms with E-state index >= 15 is 0 Å². The molecule has 2 heterocycles. The number of rotatable bonds is 5. The fraction of sp³-hybridized carbons (Fsp3) is 0.0417. The van der Waals surface area contributed by atoms with Gasteiger partial charge in [-0.3, -0.25) is 5.43 Å². The Hall–Kier alpha value is -3.97. The highest BCUT2D eigenvalue weighted by Crippen LogP contribution is 2.29. The normalized spacial score (nSPS) is 11.4. The van der Waals surface area contributed by atoms with Gasteiger partial charge < -0.3 is 9.15 Å². The maximum absolute atomic E-state index is 12.6. The molecule has 3 aromatic carbocycles. The van der Waals surface area contributed by atoms with Gasteiger partial charge in [-0.25, -0.2) is 9.78 Å². The van der Waals surface area contributed by atoms with E-state index in [0.29, 0.717) is 22.0 Å². The van der Waals surface area contributed by atoms with Crippen LogP contribution in [0.1, 0.15) is 5.56 Å². The van der Waals surface area contributed by atoms with Crippen LogP contribution in [0.3, 0.4) is 0 Å². The highest BCUT2D eigenvalue weighted by Gasteiger charge is 2.13. The van der Waals surface area contributed by atoms with Crippen LogP contribution in [-0.4, -0.2) is 18.3 Å². The summed E-state index contributed by atoms with van der Waals surface area (Å²) in [6.07, 6.45) is 1.68. The molecule has 7 heteroatoms. The first-order chi connectivity index (χ1) is 15.2. The van der Waals surface area contributed by atoms with Crippen LogP contribution in [0.5, 0.6) is 5.75 Å². The minimum Gasteiger partial charge on any atom is -0.497 e. The molecule has 0 aliphatic rings. The third-order valence-electron chi connectivity index (χ3n) is 4.89. The third kappa shape index (κ3) is 3.78. The molecule has 1 N–H and O–H groups in total. The maximum atomic E-state index is 12.6. The lowest BCUT2D eigenvalue weighted by Gasteiger charge is -2.04. The molecule has 0 saturated carbocycles. The zero-order valence-corrected chi connectivity index (χ0v) is 17.3. The highest BCUT2D eigenvalue weighted by atomic mass is 32.1. The summed E-state index contributed by atoms with van der Waals surface area (Å²) >= 11 is 1.36. The molecule has 0 fully saturated rings. The van der Waals surface area contributed by atoms with E-state index in [2.05, 4.69) is 15.5 Å². The smallest absolute Gasteiger partial charge is 0.345 e. The number of benzene rings is 3. The molecule has 5 rings (SSSR count). The van der Waals surface area contributed by atoms with Gasteiger partial charge in [-0.15, -0.1) is 11.3 Å². The Morgan fingerprint density at radius 2 is 1.97 bits per heavy atom. The van der Waals surface area contributed by atoms with Crippen molar-refractivity contribution in [1.29, 1.82) is 0 Å². The summed E-state index contributed by atoms with van der Waals surface area (Å²) in [5, 5.41) is 9.61. The fourth-order valence-corrected chi connectivity index (χ4v) is 4.04. The largest absolute Gasteiger partial charge is 0.497 e. The van der Waals surface area contributed by atoms with Crippen molar-refractivity contribution < 1.29 is 9.15 Å². The first kappa shape index (κ1) is 19.0. The van der Waals surface area contributed by atoms with Crippen molar-refractivity contribution >= 4 is 44.4 Å². The topological polar surface area (TPSA) is 76.7 Å². The number of anilines is 1. The van der Waals surface area contributed by atoms with E-state index in [9.17, 15) is 4.79 Å². The van der Waals surface area contributed by atoms with Gasteiger partial charge in [-0.2, -0.15) is 5.10 Å². The van der Waals surface area contributed by atoms with Crippen molar-refractivity contribution in [3.05, 3.63) is 88.1 Å². The predicted octanol–water partition coefficient (Wildman–Crippen LogP) is 5.52. The zero-order valence-electron chi connectivity index (χ0n) is 16.5. The Labute approximate surface area is 181 Å². The summed E-state index contributed by atoms with van der Waals surface area (Å²) in [4.78, 5) is 17.1. The number of ether oxygens (including phenoxy) is 1. The molecular weight excluding hydrogens is 410 g/mol. The summed E-state index contributed by atoms with van der Waals surface area (Å²) in [5.41, 5.74) is 4.92. The second-order valence-corrected chi connectivity index (χ2v) is 7.69. The lowest BCUT2D eigenvalue weighted by molar-refractivity contribution is 0.415. The molecule has 0 radical (unpaired) electrons. The van der Waals surface area contributed by atoms with Crippen LogP contribution in [0.15, 0.2) is 86.4 Å². The quantitative estimate of drug-likeness (QED) is 0.173. The van der Waals surface area contributed by atoms with Crippen molar-refractivity contribution in [1.82, 2.24) is 4.98 Å². The monoisotopic (exact) mass is 427 g/mol. The van der Waals surface area contributed by atoms with Gasteiger partial charge in [-0.05, 0) is 40.6 Å². The van der Waals surface area contributed by atoms with E-state index in [1.54, 1.807) is 13.3 Å². The van der Waals surface area contributed by atoms with E-state index in [1.165, 1.54) is 11.3 Å². The van der Waals surface area contributed by atoms with Crippen LogP contribution in [0.25, 0.3) is 33.0 Å². The summed E-state index contributed by atoms with van der Waals surface area (Å²) in [6.45, 7) is 0. The van der Waals surface area contributed by atoms with Crippen LogP contribution >= 0.6 is 11.3 Å². The van der Waals surface area contributed by atoms with Gasteiger partial charge >= 0.3 is 5.63 Å². The summed E-state index contributed by atoms with van der Waals surface area (Å²) in [5.74, 6) is 0.760. The van der Waals surface area contributed by atoms with Gasteiger partial charge in [0.05, 0.1) is 24.6 Å². The van der Waals surface area contributed by atoms with Gasteiger partial charge in [0.2, 0.25) is 5.13 Å². The molecule has 0 aliphatic carbocycles. The van der Waals surface area contributed by atoms with Gasteiger partial charge in [-0.1, -0.05) is 42.5 Å². The lowest BCUT2D eigenvalue weighted by Crippen LogP contribution is -2.03. The number of hydrazone groups is 1. The molecule has 0 aliphatic heterocycles. The number of hydrogen-bond donors (Lipinski definition) is 1. The van der Waals surface area contributed by atoms with E-state index in [4.69, 9.17) is 9.15 Å². The Bertz CT molecular complexity index is 1490. The molecule has 152 valence electrons. The van der Waals surface area contributed by atoms with Crippen LogP contribution in [0.2, 0.25) is 0 Å². The number of nitrogens with zero attached hydrogens (tertiary/aromatic N) is 2. The number of nitrogens with one attached hydrogen (secondary N) is 1. The Balaban J connectivity index is 1.45. The van der Waals surface area contributed by atoms with Crippen molar-refractivity contribution in [2.24, 2.45) is 5.10 Å². The van der Waals surface area contributed by atoms with Gasteiger partial charge in [0, 0.05) is 10.8 Å². The maximum Gasteiger partial charge on any atom is 0.345 e. The van der Waals surface area contributed by atoms with Crippen molar-refractivity contribution in [3.8, 4) is 17.0 Å². The first-order valence-corrected chi connectivity index (χ1v) is 10.4. The zero-order chi connectivity index (χ0) is 21.2. The second kappa shape index (κ2) is 8.04. The van der Waals surface area contributed by atoms with Crippen LogP contribution in [-0.2, 0) is 0 Å². The van der Waals surface area contributed by atoms with Crippen LogP contribution in [0, 0.1) is 0 Å². The second-order valence-electron chi connectivity index (χ2n) is 6.83. The summed E-state index contributed by atoms with van der Waals surface area (Å²) in [7, 11) is 1.62. The summed E-state index contributed by atoms with van der Waals surface area (Å²) < 4.78 is 10.8. The molecule has 0 atom stereocenters. The van der Waals surface area contributed by atoms with E-state index < -0.39 is 5.63 Å². The fourth-order valence-electron chi connectivity index (χ4n) is 3.38. The minimum absolute atomic E-state index is 0.417. The molecule has 0 saturated heterocycles. The lowest BCUT2D eigenvalue weighted by atomic mass is 10.0. The molecule has 0 unspecified atom stereocenters. The molecule has 0 amide bonds. The van der Waals surface area contributed by atoms with Crippen molar-refractivity contribution in [2.45, 2.75) is 0 Å². The van der Waals surface area contributed by atoms with Gasteiger partial charge in [0.25, 0.3) is 0 Å². The molecule has 5 aromatic rings. The molecule has 0 spiro atoms. The van der Waals surface area contributed by atoms with E-state index in [1.807, 2.05) is 72.1 Å². The number of thiazole rings is 1. The van der Waals surface area contributed by atoms with E-state index in [-0.39, 0.29) is 0 Å².